The molecule has 19 heavy (non-hydrogen) atoms. The highest BCUT2D eigenvalue weighted by molar-refractivity contribution is 4.81. The highest BCUT2D eigenvalue weighted by atomic mass is 16.2. The molecule has 1 radical (unpaired) electrons. The van der Waals surface area contributed by atoms with Crippen molar-refractivity contribution in [2.75, 3.05) is 6.61 Å². The molecule has 0 aliphatic rings. The van der Waals surface area contributed by atoms with Gasteiger partial charge in [0.25, 0.3) is 0 Å². The third-order valence-electron chi connectivity index (χ3n) is 3.66. The van der Waals surface area contributed by atoms with E-state index in [1.807, 2.05) is 0 Å². The lowest BCUT2D eigenvalue weighted by Crippen LogP contribution is -1.81. The standard InChI is InChI=1S/C18H35O/c1-2-3-4-5-6-7-8-9-10-11-12-13-14-15-16-17-18-19/h11-12H,2-10,13-18H2,1H3/b12-11+. The lowest BCUT2D eigenvalue weighted by Gasteiger charge is -2.00. The molecular weight excluding hydrogens is 232 g/mol. The number of hydrogen-bond acceptors (Lipinski definition) is 0. The van der Waals surface area contributed by atoms with E-state index in [-0.39, 0.29) is 6.61 Å². The second-order valence-corrected chi connectivity index (χ2v) is 5.64. The second-order valence-electron chi connectivity index (χ2n) is 5.64. The minimum Gasteiger partial charge on any atom is -0.237 e. The summed E-state index contributed by atoms with van der Waals surface area (Å²) in [5, 5.41) is 10.2. The molecule has 0 spiro atoms. The van der Waals surface area contributed by atoms with Crippen molar-refractivity contribution < 1.29 is 5.11 Å². The summed E-state index contributed by atoms with van der Waals surface area (Å²) in [7, 11) is 0. The first-order chi connectivity index (χ1) is 9.41. The van der Waals surface area contributed by atoms with Gasteiger partial charge in [-0.3, -0.25) is 0 Å². The Kier molecular flexibility index (Phi) is 17.4. The fourth-order valence-corrected chi connectivity index (χ4v) is 2.35. The van der Waals surface area contributed by atoms with Crippen LogP contribution in [0.5, 0.6) is 0 Å². The molecule has 0 aromatic heterocycles. The van der Waals surface area contributed by atoms with Crippen LogP contribution in [0.4, 0.5) is 0 Å². The highest BCUT2D eigenvalue weighted by Crippen LogP contribution is 2.10. The molecule has 0 saturated heterocycles. The first-order valence-electron chi connectivity index (χ1n) is 8.65. The number of rotatable bonds is 15. The van der Waals surface area contributed by atoms with Gasteiger partial charge in [-0.05, 0) is 32.1 Å². The van der Waals surface area contributed by atoms with E-state index in [2.05, 4.69) is 19.1 Å². The SMILES string of the molecule is CCCCCCCCCC/C=C/CCCCCC[O]. The van der Waals surface area contributed by atoms with E-state index in [9.17, 15) is 5.11 Å². The second kappa shape index (κ2) is 17.7. The van der Waals surface area contributed by atoms with E-state index in [0.717, 1.165) is 12.8 Å². The van der Waals surface area contributed by atoms with Crippen LogP contribution in [-0.2, 0) is 5.11 Å². The highest BCUT2D eigenvalue weighted by Gasteiger charge is 1.90. The minimum absolute atomic E-state index is 0.105. The van der Waals surface area contributed by atoms with Crippen LogP contribution >= 0.6 is 0 Å². The van der Waals surface area contributed by atoms with Crippen molar-refractivity contribution in [2.24, 2.45) is 0 Å². The molecule has 0 aromatic rings. The van der Waals surface area contributed by atoms with Gasteiger partial charge in [0.05, 0.1) is 6.61 Å². The Bertz CT molecular complexity index is 175. The summed E-state index contributed by atoms with van der Waals surface area (Å²) in [5.74, 6) is 0. The lowest BCUT2D eigenvalue weighted by molar-refractivity contribution is 0.186. The molecule has 0 bridgehead atoms. The van der Waals surface area contributed by atoms with E-state index in [0.29, 0.717) is 0 Å². The predicted molar refractivity (Wildman–Crippen MR) is 85.0 cm³/mol. The largest absolute Gasteiger partial charge is 0.237 e. The fraction of sp³-hybridized carbons (Fsp3) is 0.889. The molecule has 0 saturated carbocycles. The fourth-order valence-electron chi connectivity index (χ4n) is 2.35. The Morgan fingerprint density at radius 3 is 1.47 bits per heavy atom. The maximum absolute atomic E-state index is 10.2. The monoisotopic (exact) mass is 267 g/mol. The Balaban J connectivity index is 3.00. The summed E-state index contributed by atoms with van der Waals surface area (Å²) in [6.07, 6.45) is 22.9. The van der Waals surface area contributed by atoms with Crippen LogP contribution in [0.1, 0.15) is 96.8 Å². The van der Waals surface area contributed by atoms with Gasteiger partial charge in [0, 0.05) is 0 Å². The summed E-state index contributed by atoms with van der Waals surface area (Å²) in [6.45, 7) is 2.38. The van der Waals surface area contributed by atoms with Crippen LogP contribution in [0.15, 0.2) is 12.2 Å². The van der Waals surface area contributed by atoms with Crippen LogP contribution in [0, 0.1) is 0 Å². The quantitative estimate of drug-likeness (QED) is 0.240. The van der Waals surface area contributed by atoms with Crippen molar-refractivity contribution in [3.05, 3.63) is 12.2 Å². The van der Waals surface area contributed by atoms with Gasteiger partial charge >= 0.3 is 0 Å². The molecule has 1 nitrogen and oxygen atoms in total. The van der Waals surface area contributed by atoms with Crippen LogP contribution in [0.3, 0.4) is 0 Å². The topological polar surface area (TPSA) is 19.9 Å². The van der Waals surface area contributed by atoms with Crippen molar-refractivity contribution in [2.45, 2.75) is 96.8 Å². The third-order valence-corrected chi connectivity index (χ3v) is 3.66. The molecule has 0 unspecified atom stereocenters. The number of unbranched alkanes of at least 4 members (excludes halogenated alkanes) is 12. The summed E-state index contributed by atoms with van der Waals surface area (Å²) in [4.78, 5) is 0. The van der Waals surface area contributed by atoms with E-state index >= 15 is 0 Å². The van der Waals surface area contributed by atoms with E-state index < -0.39 is 0 Å². The summed E-state index contributed by atoms with van der Waals surface area (Å²) in [5.41, 5.74) is 0. The van der Waals surface area contributed by atoms with Gasteiger partial charge in [-0.25, -0.2) is 5.11 Å². The molecule has 1 heteroatoms. The Morgan fingerprint density at radius 1 is 0.579 bits per heavy atom. The van der Waals surface area contributed by atoms with E-state index in [4.69, 9.17) is 0 Å². The van der Waals surface area contributed by atoms with Crippen molar-refractivity contribution in [1.82, 2.24) is 0 Å². The predicted octanol–water partition coefficient (Wildman–Crippen LogP) is 6.45. The van der Waals surface area contributed by atoms with Gasteiger partial charge in [-0.15, -0.1) is 0 Å². The summed E-state index contributed by atoms with van der Waals surface area (Å²) in [6, 6.07) is 0. The average Bonchev–Trinajstić information content (AvgIpc) is 2.43. The van der Waals surface area contributed by atoms with Crippen molar-refractivity contribution >= 4 is 0 Å². The Labute approximate surface area is 121 Å². The maximum Gasteiger partial charge on any atom is 0.0822 e. The minimum atomic E-state index is 0.105. The van der Waals surface area contributed by atoms with Gasteiger partial charge in [0.15, 0.2) is 0 Å². The number of hydrogen-bond donors (Lipinski definition) is 0. The first kappa shape index (κ1) is 18.7. The van der Waals surface area contributed by atoms with Gasteiger partial charge < -0.3 is 0 Å². The van der Waals surface area contributed by atoms with Crippen molar-refractivity contribution in [3.8, 4) is 0 Å². The van der Waals surface area contributed by atoms with E-state index in [1.165, 1.54) is 77.0 Å². The van der Waals surface area contributed by atoms with Crippen molar-refractivity contribution in [1.29, 1.82) is 0 Å². The smallest absolute Gasteiger partial charge is 0.0822 e. The molecule has 0 aliphatic carbocycles. The molecule has 0 aliphatic heterocycles. The Morgan fingerprint density at radius 2 is 1.00 bits per heavy atom. The van der Waals surface area contributed by atoms with Gasteiger partial charge in [-0.1, -0.05) is 76.9 Å². The molecule has 0 aromatic carbocycles. The zero-order chi connectivity index (χ0) is 14.0. The molecule has 0 heterocycles. The summed E-state index contributed by atoms with van der Waals surface area (Å²) < 4.78 is 0. The van der Waals surface area contributed by atoms with Crippen molar-refractivity contribution in [3.63, 3.8) is 0 Å². The molecule has 113 valence electrons. The molecule has 0 amide bonds. The maximum atomic E-state index is 10.2. The van der Waals surface area contributed by atoms with Gasteiger partial charge in [0.1, 0.15) is 0 Å². The van der Waals surface area contributed by atoms with Crippen LogP contribution in [0.25, 0.3) is 0 Å². The molecule has 0 fully saturated rings. The Hall–Kier alpha value is -0.300. The first-order valence-corrected chi connectivity index (χ1v) is 8.65. The molecule has 0 N–H and O–H groups in total. The molecule has 0 atom stereocenters. The number of allylic oxidation sites excluding steroid dienone is 2. The van der Waals surface area contributed by atoms with E-state index in [1.54, 1.807) is 0 Å². The van der Waals surface area contributed by atoms with Gasteiger partial charge in [0.2, 0.25) is 0 Å². The zero-order valence-electron chi connectivity index (χ0n) is 13.2. The third kappa shape index (κ3) is 17.7. The van der Waals surface area contributed by atoms with Crippen LogP contribution < -0.4 is 0 Å². The normalized spacial score (nSPS) is 11.5. The zero-order valence-corrected chi connectivity index (χ0v) is 13.2. The molecular formula is C18H35O. The average molecular weight is 267 g/mol. The molecule has 0 rings (SSSR count). The van der Waals surface area contributed by atoms with Crippen LogP contribution in [0.2, 0.25) is 0 Å². The van der Waals surface area contributed by atoms with Gasteiger partial charge in [-0.2, -0.15) is 0 Å². The van der Waals surface area contributed by atoms with Crippen LogP contribution in [-0.4, -0.2) is 6.61 Å². The summed E-state index contributed by atoms with van der Waals surface area (Å²) >= 11 is 0. The lowest BCUT2D eigenvalue weighted by atomic mass is 10.1.